The number of hydrogen-bond acceptors (Lipinski definition) is 6. The third-order valence-electron chi connectivity index (χ3n) is 3.09. The lowest BCUT2D eigenvalue weighted by Gasteiger charge is -2.35. The van der Waals surface area contributed by atoms with Gasteiger partial charge in [0.1, 0.15) is 0 Å². The third-order valence-corrected chi connectivity index (χ3v) is 3.09. The highest BCUT2D eigenvalue weighted by Crippen LogP contribution is 2.29. The van der Waals surface area contributed by atoms with E-state index in [4.69, 9.17) is 10.6 Å². The first-order valence-electron chi connectivity index (χ1n) is 5.68. The number of rotatable bonds is 5. The van der Waals surface area contributed by atoms with Crippen LogP contribution in [0, 0.1) is 10.1 Å². The molecule has 1 aliphatic carbocycles. The van der Waals surface area contributed by atoms with Gasteiger partial charge in [-0.3, -0.25) is 16.0 Å². The van der Waals surface area contributed by atoms with Crippen molar-refractivity contribution in [1.82, 2.24) is 0 Å². The Balaban J connectivity index is 2.08. The van der Waals surface area contributed by atoms with Crippen LogP contribution in [0.1, 0.15) is 12.8 Å². The highest BCUT2D eigenvalue weighted by molar-refractivity contribution is 5.63. The summed E-state index contributed by atoms with van der Waals surface area (Å²) in [6.07, 6.45) is 2.10. The normalized spacial score (nSPS) is 22.1. The Morgan fingerprint density at radius 3 is 2.61 bits per heavy atom. The fraction of sp³-hybridized carbons (Fsp3) is 0.455. The molecule has 4 N–H and O–H groups in total. The Morgan fingerprint density at radius 1 is 1.39 bits per heavy atom. The van der Waals surface area contributed by atoms with Crippen LogP contribution in [-0.4, -0.2) is 24.2 Å². The van der Waals surface area contributed by atoms with Crippen molar-refractivity contribution in [3.05, 3.63) is 28.3 Å². The van der Waals surface area contributed by atoms with E-state index in [0.717, 1.165) is 12.8 Å². The summed E-state index contributed by atoms with van der Waals surface area (Å²) in [5.41, 5.74) is 3.63. The Bertz CT molecular complexity index is 446. The van der Waals surface area contributed by atoms with Gasteiger partial charge >= 0.3 is 0 Å². The predicted molar refractivity (Wildman–Crippen MR) is 68.3 cm³/mol. The largest absolute Gasteiger partial charge is 0.382 e. The predicted octanol–water partition coefficient (Wildman–Crippen LogP) is 1.47. The van der Waals surface area contributed by atoms with E-state index in [2.05, 4.69) is 10.7 Å². The molecule has 0 saturated heterocycles. The molecule has 1 saturated carbocycles. The summed E-state index contributed by atoms with van der Waals surface area (Å²) in [6, 6.07) is 4.93. The number of hydrogen-bond donors (Lipinski definition) is 3. The lowest BCUT2D eigenvalue weighted by atomic mass is 9.89. The molecule has 0 aliphatic heterocycles. The number of methoxy groups -OCH3 is 1. The first-order valence-corrected chi connectivity index (χ1v) is 5.68. The van der Waals surface area contributed by atoms with E-state index in [1.807, 2.05) is 0 Å². The number of nitro benzene ring substituents is 1. The minimum absolute atomic E-state index is 0.00978. The number of ether oxygens (including phenoxy) is 1. The second kappa shape index (κ2) is 5.19. The molecule has 1 fully saturated rings. The lowest BCUT2D eigenvalue weighted by Crippen LogP contribution is -2.40. The maximum atomic E-state index is 10.8. The summed E-state index contributed by atoms with van der Waals surface area (Å²) in [5, 5.41) is 14.0. The quantitative estimate of drug-likeness (QED) is 0.416. The minimum Gasteiger partial charge on any atom is -0.382 e. The van der Waals surface area contributed by atoms with Crippen molar-refractivity contribution in [3.63, 3.8) is 0 Å². The summed E-state index contributed by atoms with van der Waals surface area (Å²) in [6.45, 7) is 0. The van der Waals surface area contributed by atoms with Crippen molar-refractivity contribution >= 4 is 17.1 Å². The molecule has 2 rings (SSSR count). The number of nitrogens with zero attached hydrogens (tertiary/aromatic N) is 1. The number of nitrogens with two attached hydrogens (primary N) is 1. The first kappa shape index (κ1) is 12.6. The second-order valence-electron chi connectivity index (χ2n) is 4.34. The Labute approximate surface area is 104 Å². The molecule has 0 aromatic heterocycles. The van der Waals surface area contributed by atoms with Gasteiger partial charge in [0.2, 0.25) is 0 Å². The number of anilines is 2. The molecule has 0 atom stereocenters. The Hall–Kier alpha value is -1.86. The zero-order chi connectivity index (χ0) is 13.1. The molecule has 7 heteroatoms. The number of hydrazine groups is 1. The van der Waals surface area contributed by atoms with Crippen LogP contribution in [0.2, 0.25) is 0 Å². The van der Waals surface area contributed by atoms with Gasteiger partial charge in [0, 0.05) is 31.0 Å². The van der Waals surface area contributed by atoms with E-state index in [0.29, 0.717) is 17.4 Å². The molecule has 1 aromatic rings. The average Bonchev–Trinajstić information content (AvgIpc) is 2.32. The van der Waals surface area contributed by atoms with E-state index in [1.54, 1.807) is 13.2 Å². The van der Waals surface area contributed by atoms with Crippen LogP contribution in [0.5, 0.6) is 0 Å². The SMILES string of the molecule is COC1CC(Nc2cc(NN)cc([N+](=O)[O-])c2)C1. The van der Waals surface area contributed by atoms with Crippen molar-refractivity contribution in [3.8, 4) is 0 Å². The number of non-ortho nitro benzene ring substituents is 1. The Kier molecular flexibility index (Phi) is 3.63. The fourth-order valence-electron chi connectivity index (χ4n) is 1.99. The van der Waals surface area contributed by atoms with Crippen LogP contribution in [0.3, 0.4) is 0 Å². The van der Waals surface area contributed by atoms with Gasteiger partial charge in [0.05, 0.1) is 16.7 Å². The van der Waals surface area contributed by atoms with Crippen molar-refractivity contribution in [2.24, 2.45) is 5.84 Å². The molecule has 0 heterocycles. The molecule has 0 bridgehead atoms. The van der Waals surface area contributed by atoms with E-state index in [9.17, 15) is 10.1 Å². The van der Waals surface area contributed by atoms with Crippen molar-refractivity contribution in [2.75, 3.05) is 17.9 Å². The molecule has 1 aliphatic rings. The van der Waals surface area contributed by atoms with Gasteiger partial charge in [0.15, 0.2) is 0 Å². The number of nitrogens with one attached hydrogen (secondary N) is 2. The van der Waals surface area contributed by atoms with Crippen LogP contribution in [0.25, 0.3) is 0 Å². The van der Waals surface area contributed by atoms with Gasteiger partial charge in [0.25, 0.3) is 5.69 Å². The number of nitrogen functional groups attached to an aromatic ring is 1. The van der Waals surface area contributed by atoms with Crippen LogP contribution >= 0.6 is 0 Å². The van der Waals surface area contributed by atoms with Gasteiger partial charge in [-0.15, -0.1) is 0 Å². The van der Waals surface area contributed by atoms with Gasteiger partial charge in [-0.05, 0) is 18.9 Å². The standard InChI is InChI=1S/C11H16N4O3/c1-18-11-5-8(6-11)13-7-2-9(14-12)4-10(3-7)15(16)17/h2-4,8,11,13-14H,5-6,12H2,1H3. The smallest absolute Gasteiger partial charge is 0.273 e. The minimum atomic E-state index is -0.440. The first-order chi connectivity index (χ1) is 8.62. The third kappa shape index (κ3) is 2.69. The highest BCUT2D eigenvalue weighted by Gasteiger charge is 2.29. The molecule has 0 radical (unpaired) electrons. The Morgan fingerprint density at radius 2 is 2.06 bits per heavy atom. The van der Waals surface area contributed by atoms with E-state index in [1.165, 1.54) is 12.1 Å². The molecule has 18 heavy (non-hydrogen) atoms. The molecular weight excluding hydrogens is 236 g/mol. The van der Waals surface area contributed by atoms with Crippen molar-refractivity contribution in [1.29, 1.82) is 0 Å². The summed E-state index contributed by atoms with van der Waals surface area (Å²) >= 11 is 0. The average molecular weight is 252 g/mol. The van der Waals surface area contributed by atoms with E-state index < -0.39 is 4.92 Å². The molecule has 0 unspecified atom stereocenters. The summed E-state index contributed by atoms with van der Waals surface area (Å²) in [5.74, 6) is 5.29. The summed E-state index contributed by atoms with van der Waals surface area (Å²) in [4.78, 5) is 10.3. The summed E-state index contributed by atoms with van der Waals surface area (Å²) in [7, 11) is 1.69. The molecule has 7 nitrogen and oxygen atoms in total. The van der Waals surface area contributed by atoms with Gasteiger partial charge in [-0.2, -0.15) is 0 Å². The van der Waals surface area contributed by atoms with E-state index in [-0.39, 0.29) is 11.8 Å². The molecule has 0 spiro atoms. The second-order valence-corrected chi connectivity index (χ2v) is 4.34. The van der Waals surface area contributed by atoms with Gasteiger partial charge in [-0.25, -0.2) is 0 Å². The van der Waals surface area contributed by atoms with Crippen LogP contribution in [0.15, 0.2) is 18.2 Å². The van der Waals surface area contributed by atoms with Crippen LogP contribution in [-0.2, 0) is 4.74 Å². The molecule has 98 valence electrons. The monoisotopic (exact) mass is 252 g/mol. The van der Waals surface area contributed by atoms with Crippen LogP contribution in [0.4, 0.5) is 17.1 Å². The van der Waals surface area contributed by atoms with Crippen LogP contribution < -0.4 is 16.6 Å². The topological polar surface area (TPSA) is 102 Å². The number of nitro groups is 1. The fourth-order valence-corrected chi connectivity index (χ4v) is 1.99. The van der Waals surface area contributed by atoms with Crippen molar-refractivity contribution < 1.29 is 9.66 Å². The maximum Gasteiger partial charge on any atom is 0.273 e. The molecule has 1 aromatic carbocycles. The highest BCUT2D eigenvalue weighted by atomic mass is 16.6. The zero-order valence-electron chi connectivity index (χ0n) is 10.1. The number of benzene rings is 1. The van der Waals surface area contributed by atoms with Gasteiger partial charge in [-0.1, -0.05) is 0 Å². The molecular formula is C11H16N4O3. The zero-order valence-corrected chi connectivity index (χ0v) is 10.1. The van der Waals surface area contributed by atoms with E-state index >= 15 is 0 Å². The maximum absolute atomic E-state index is 10.8. The lowest BCUT2D eigenvalue weighted by molar-refractivity contribution is -0.384. The van der Waals surface area contributed by atoms with Gasteiger partial charge < -0.3 is 15.5 Å². The summed E-state index contributed by atoms with van der Waals surface area (Å²) < 4.78 is 5.18. The molecule has 0 amide bonds. The van der Waals surface area contributed by atoms with Crippen molar-refractivity contribution in [2.45, 2.75) is 25.0 Å².